The van der Waals surface area contributed by atoms with Gasteiger partial charge in [-0.15, -0.1) is 0 Å². The summed E-state index contributed by atoms with van der Waals surface area (Å²) < 4.78 is 39.5. The molecule has 0 radical (unpaired) electrons. The molecule has 0 aliphatic carbocycles. The number of esters is 2. The Labute approximate surface area is 358 Å². The van der Waals surface area contributed by atoms with Gasteiger partial charge in [-0.1, -0.05) is 131 Å². The van der Waals surface area contributed by atoms with Gasteiger partial charge in [-0.25, -0.2) is 0 Å². The molecular formula is C48H80NO9P. The lowest BCUT2D eigenvalue weighted by atomic mass is 10.1. The third-order valence-corrected chi connectivity index (χ3v) is 10.3. The molecule has 1 fully saturated rings. The van der Waals surface area contributed by atoms with Crippen molar-refractivity contribution < 1.29 is 46.8 Å². The van der Waals surface area contributed by atoms with E-state index in [4.69, 9.17) is 23.3 Å². The highest BCUT2D eigenvalue weighted by Crippen LogP contribution is 2.38. The summed E-state index contributed by atoms with van der Waals surface area (Å²) in [6, 6.07) is 0. The van der Waals surface area contributed by atoms with E-state index in [2.05, 4.69) is 86.8 Å². The smallest absolute Gasteiger partial charge is 0.306 e. The molecule has 0 spiro atoms. The summed E-state index contributed by atoms with van der Waals surface area (Å²) in [4.78, 5) is 37.5. The summed E-state index contributed by atoms with van der Waals surface area (Å²) in [5.41, 5.74) is 0. The van der Waals surface area contributed by atoms with Crippen LogP contribution in [0.3, 0.4) is 0 Å². The van der Waals surface area contributed by atoms with Crippen LogP contribution in [0.5, 0.6) is 0 Å². The van der Waals surface area contributed by atoms with Crippen molar-refractivity contribution in [2.75, 3.05) is 47.5 Å². The maximum Gasteiger partial charge on any atom is 0.306 e. The Balaban J connectivity index is 2.34. The second kappa shape index (κ2) is 35.9. The van der Waals surface area contributed by atoms with E-state index in [1.807, 2.05) is 33.3 Å². The van der Waals surface area contributed by atoms with Gasteiger partial charge in [-0.2, -0.15) is 0 Å². The highest BCUT2D eigenvalue weighted by Gasteiger charge is 2.36. The molecular weight excluding hydrogens is 766 g/mol. The van der Waals surface area contributed by atoms with E-state index in [-0.39, 0.29) is 26.1 Å². The van der Waals surface area contributed by atoms with Crippen molar-refractivity contribution in [1.29, 1.82) is 0 Å². The van der Waals surface area contributed by atoms with Gasteiger partial charge in [0.05, 0.1) is 40.0 Å². The van der Waals surface area contributed by atoms with E-state index in [0.717, 1.165) is 77.0 Å². The van der Waals surface area contributed by atoms with Crippen LogP contribution in [0.2, 0.25) is 0 Å². The fourth-order valence-electron chi connectivity index (χ4n) is 5.69. The number of rotatable bonds is 38. The second-order valence-corrected chi connectivity index (χ2v) is 17.5. The Kier molecular flexibility index (Phi) is 32.9. The standard InChI is InChI=1S/C48H80NO9P/c1-6-8-10-11-12-13-14-15-16-17-21-24-27-30-34-38-47(50)54-42-44(43-56-59(52,53)55-41-40-49(3,4)5)57-48(51)39-35-31-28-25-22-19-18-20-23-26-29-33-37-46-45(58-46)36-32-9-7-2/h9,12-13,15-16,19-20,22-23,28-29,31-33,44-46H,6-8,10-11,14,17-18,21,24-27,30,34-43H2,1-5H3/b13-12-,16-15-,22-19-,23-20-,31-28-,32-9-,33-29-/t44-,45?,46?/m1/s1. The summed E-state index contributed by atoms with van der Waals surface area (Å²) in [5, 5.41) is 0. The number of carbonyl (C=O) groups excluding carboxylic acids is 2. The molecule has 0 amide bonds. The van der Waals surface area contributed by atoms with Gasteiger partial charge in [0.25, 0.3) is 7.82 Å². The van der Waals surface area contributed by atoms with Crippen LogP contribution in [0, 0.1) is 0 Å². The Morgan fingerprint density at radius 2 is 1.15 bits per heavy atom. The first-order chi connectivity index (χ1) is 28.5. The van der Waals surface area contributed by atoms with Crippen molar-refractivity contribution in [1.82, 2.24) is 0 Å². The van der Waals surface area contributed by atoms with Gasteiger partial charge in [0, 0.05) is 12.8 Å². The summed E-state index contributed by atoms with van der Waals surface area (Å²) in [5.74, 6) is -0.962. The first-order valence-corrected chi connectivity index (χ1v) is 23.9. The van der Waals surface area contributed by atoms with Crippen molar-refractivity contribution in [2.45, 2.75) is 161 Å². The summed E-state index contributed by atoms with van der Waals surface area (Å²) in [6.45, 7) is 3.95. The molecule has 1 rings (SSSR count). The maximum absolute atomic E-state index is 12.7. The Hall–Kier alpha value is -2.85. The summed E-state index contributed by atoms with van der Waals surface area (Å²) >= 11 is 0. The SMILES string of the molecule is CC/C=C\CC1OC1C/C=C\C/C=C\C/C=C\C/C=C\CCC(=O)O[C@H](COC(=O)CCCCCCC/C=C\C/C=C\CCCCC)COP(=O)([O-])OCC[N+](C)(C)C. The monoisotopic (exact) mass is 846 g/mol. The average Bonchev–Trinajstić information content (AvgIpc) is 3.94. The highest BCUT2D eigenvalue weighted by atomic mass is 31.2. The Morgan fingerprint density at radius 1 is 0.627 bits per heavy atom. The molecule has 0 N–H and O–H groups in total. The van der Waals surface area contributed by atoms with Gasteiger partial charge in [0.15, 0.2) is 6.10 Å². The molecule has 0 bridgehead atoms. The number of quaternary nitrogens is 1. The largest absolute Gasteiger partial charge is 0.756 e. The zero-order valence-corrected chi connectivity index (χ0v) is 38.2. The van der Waals surface area contributed by atoms with Crippen LogP contribution in [0.15, 0.2) is 85.1 Å². The fourth-order valence-corrected chi connectivity index (χ4v) is 6.42. The van der Waals surface area contributed by atoms with Gasteiger partial charge in [0.2, 0.25) is 0 Å². The number of hydrogen-bond acceptors (Lipinski definition) is 9. The van der Waals surface area contributed by atoms with Gasteiger partial charge >= 0.3 is 11.9 Å². The predicted octanol–water partition coefficient (Wildman–Crippen LogP) is 11.2. The zero-order valence-electron chi connectivity index (χ0n) is 37.4. The minimum Gasteiger partial charge on any atom is -0.756 e. The third kappa shape index (κ3) is 36.7. The van der Waals surface area contributed by atoms with Gasteiger partial charge in [-0.05, 0) is 83.5 Å². The molecule has 11 heteroatoms. The number of phosphoric acid groups is 1. The van der Waals surface area contributed by atoms with Crippen LogP contribution in [0.25, 0.3) is 0 Å². The quantitative estimate of drug-likeness (QED) is 0.0149. The molecule has 59 heavy (non-hydrogen) atoms. The van der Waals surface area contributed by atoms with E-state index in [9.17, 15) is 19.0 Å². The molecule has 0 aromatic rings. The number of carbonyl (C=O) groups is 2. The molecule has 0 aromatic heterocycles. The van der Waals surface area contributed by atoms with E-state index in [1.165, 1.54) is 25.7 Å². The van der Waals surface area contributed by atoms with Crippen molar-refractivity contribution in [3.63, 3.8) is 0 Å². The molecule has 1 heterocycles. The van der Waals surface area contributed by atoms with Gasteiger partial charge < -0.3 is 32.6 Å². The van der Waals surface area contributed by atoms with Crippen LogP contribution in [0.1, 0.15) is 142 Å². The van der Waals surface area contributed by atoms with Crippen molar-refractivity contribution in [3.05, 3.63) is 85.1 Å². The van der Waals surface area contributed by atoms with Crippen LogP contribution >= 0.6 is 7.82 Å². The van der Waals surface area contributed by atoms with E-state index in [0.29, 0.717) is 36.1 Å². The number of likely N-dealkylation sites (N-methyl/N-ethyl adjacent to an activating group) is 1. The lowest BCUT2D eigenvalue weighted by Crippen LogP contribution is -2.37. The first-order valence-electron chi connectivity index (χ1n) is 22.4. The Bertz CT molecular complexity index is 1340. The third-order valence-electron chi connectivity index (χ3n) is 9.32. The Morgan fingerprint density at radius 3 is 1.75 bits per heavy atom. The van der Waals surface area contributed by atoms with Crippen molar-refractivity contribution in [2.24, 2.45) is 0 Å². The molecule has 3 unspecified atom stereocenters. The molecule has 336 valence electrons. The first kappa shape index (κ1) is 54.2. The van der Waals surface area contributed by atoms with Crippen LogP contribution in [-0.2, 0) is 37.4 Å². The number of nitrogens with zero attached hydrogens (tertiary/aromatic N) is 1. The van der Waals surface area contributed by atoms with Crippen LogP contribution in [0.4, 0.5) is 0 Å². The van der Waals surface area contributed by atoms with Gasteiger partial charge in [-0.3, -0.25) is 14.2 Å². The number of unbranched alkanes of at least 4 members (excludes halogenated alkanes) is 8. The summed E-state index contributed by atoms with van der Waals surface area (Å²) in [7, 11) is 1.09. The van der Waals surface area contributed by atoms with E-state index < -0.39 is 32.5 Å². The molecule has 1 aliphatic heterocycles. The minimum atomic E-state index is -4.66. The topological polar surface area (TPSA) is 124 Å². The van der Waals surface area contributed by atoms with E-state index >= 15 is 0 Å². The van der Waals surface area contributed by atoms with Gasteiger partial charge in [0.1, 0.15) is 19.8 Å². The number of phosphoric ester groups is 1. The van der Waals surface area contributed by atoms with Crippen LogP contribution in [-0.4, -0.2) is 82.2 Å². The fraction of sp³-hybridized carbons (Fsp3) is 0.667. The zero-order chi connectivity index (χ0) is 43.3. The number of allylic oxidation sites excluding steroid dienone is 12. The van der Waals surface area contributed by atoms with Crippen molar-refractivity contribution >= 4 is 19.8 Å². The van der Waals surface area contributed by atoms with E-state index in [1.54, 1.807) is 0 Å². The van der Waals surface area contributed by atoms with Crippen molar-refractivity contribution in [3.8, 4) is 0 Å². The minimum absolute atomic E-state index is 0.0534. The average molecular weight is 846 g/mol. The van der Waals surface area contributed by atoms with Crippen LogP contribution < -0.4 is 4.89 Å². The number of hydrogen-bond donors (Lipinski definition) is 0. The highest BCUT2D eigenvalue weighted by molar-refractivity contribution is 7.45. The lowest BCUT2D eigenvalue weighted by molar-refractivity contribution is -0.870. The molecule has 1 saturated heterocycles. The summed E-state index contributed by atoms with van der Waals surface area (Å²) in [6.07, 6.45) is 48.1. The normalized spacial score (nSPS) is 17.8. The predicted molar refractivity (Wildman–Crippen MR) is 240 cm³/mol. The number of epoxide rings is 1. The maximum atomic E-state index is 12.7. The molecule has 10 nitrogen and oxygen atoms in total. The second-order valence-electron chi connectivity index (χ2n) is 16.1. The number of ether oxygens (including phenoxy) is 3. The molecule has 1 aliphatic rings. The molecule has 0 saturated carbocycles. The molecule has 0 aromatic carbocycles. The molecule has 4 atom stereocenters. The lowest BCUT2D eigenvalue weighted by Gasteiger charge is -2.28.